The summed E-state index contributed by atoms with van der Waals surface area (Å²) in [5.41, 5.74) is 5.36. The van der Waals surface area contributed by atoms with Crippen LogP contribution in [0.1, 0.15) is 17.3 Å². The number of carbonyl (C=O) groups is 3. The number of amides is 2. The molecule has 0 aromatic carbocycles. The summed E-state index contributed by atoms with van der Waals surface area (Å²) in [7, 11) is 0. The molecule has 18 heavy (non-hydrogen) atoms. The van der Waals surface area contributed by atoms with Gasteiger partial charge in [-0.05, 0) is 18.4 Å². The van der Waals surface area contributed by atoms with Crippen LogP contribution < -0.4 is 16.4 Å². The molecule has 2 amide bonds. The summed E-state index contributed by atoms with van der Waals surface area (Å²) in [6.45, 7) is 1.26. The number of carboxylic acid groups (broad SMARTS) is 1. The highest BCUT2D eigenvalue weighted by Gasteiger charge is 2.14. The Balaban J connectivity index is 2.52. The molecule has 98 valence electrons. The summed E-state index contributed by atoms with van der Waals surface area (Å²) in [5, 5.41) is 15.6. The lowest BCUT2D eigenvalue weighted by molar-refractivity contribution is -0.139. The van der Waals surface area contributed by atoms with Crippen LogP contribution >= 0.6 is 11.3 Å². The Hall–Kier alpha value is -1.93. The van der Waals surface area contributed by atoms with E-state index in [4.69, 9.17) is 10.8 Å². The van der Waals surface area contributed by atoms with Gasteiger partial charge in [-0.1, -0.05) is 0 Å². The van der Waals surface area contributed by atoms with Crippen LogP contribution in [0.5, 0.6) is 0 Å². The lowest BCUT2D eigenvalue weighted by atomic mass is 10.3. The van der Waals surface area contributed by atoms with Crippen LogP contribution in [0.25, 0.3) is 0 Å². The molecular formula is C10H13N3O4S. The molecule has 8 heteroatoms. The molecule has 1 aromatic heterocycles. The average Bonchev–Trinajstić information content (AvgIpc) is 2.73. The number of thiophene rings is 1. The van der Waals surface area contributed by atoms with Gasteiger partial charge in [-0.25, -0.2) is 0 Å². The molecule has 0 radical (unpaired) electrons. The quantitative estimate of drug-likeness (QED) is 0.573. The van der Waals surface area contributed by atoms with Gasteiger partial charge >= 0.3 is 5.97 Å². The summed E-state index contributed by atoms with van der Waals surface area (Å²) < 4.78 is 0. The van der Waals surface area contributed by atoms with Crippen molar-refractivity contribution in [3.63, 3.8) is 0 Å². The fourth-order valence-corrected chi connectivity index (χ4v) is 1.91. The minimum absolute atomic E-state index is 0.163. The van der Waals surface area contributed by atoms with Gasteiger partial charge < -0.3 is 16.2 Å². The van der Waals surface area contributed by atoms with Gasteiger partial charge in [0.05, 0.1) is 12.1 Å². The molecule has 0 saturated heterocycles. The third-order valence-electron chi connectivity index (χ3n) is 2.12. The number of carboxylic acids is 1. The van der Waals surface area contributed by atoms with E-state index in [0.29, 0.717) is 5.00 Å². The van der Waals surface area contributed by atoms with Gasteiger partial charge in [0, 0.05) is 0 Å². The second kappa shape index (κ2) is 6.12. The van der Waals surface area contributed by atoms with Crippen molar-refractivity contribution in [3.05, 3.63) is 17.0 Å². The molecule has 0 unspecified atom stereocenters. The van der Waals surface area contributed by atoms with Crippen molar-refractivity contribution in [2.24, 2.45) is 5.73 Å². The molecular weight excluding hydrogens is 258 g/mol. The first-order valence-corrected chi connectivity index (χ1v) is 5.93. The number of aliphatic carboxylic acids is 1. The SMILES string of the molecule is C[C@@H](NCC(=O)Nc1sccc1C(N)=O)C(=O)O. The average molecular weight is 271 g/mol. The van der Waals surface area contributed by atoms with Crippen LogP contribution in [-0.4, -0.2) is 35.5 Å². The van der Waals surface area contributed by atoms with Crippen molar-refractivity contribution in [2.75, 3.05) is 11.9 Å². The normalized spacial score (nSPS) is 11.8. The maximum Gasteiger partial charge on any atom is 0.320 e. The summed E-state index contributed by atoms with van der Waals surface area (Å²) in [5.74, 6) is -2.11. The molecule has 0 aliphatic rings. The second-order valence-corrected chi connectivity index (χ2v) is 4.43. The minimum Gasteiger partial charge on any atom is -0.480 e. The Morgan fingerprint density at radius 2 is 2.17 bits per heavy atom. The second-order valence-electron chi connectivity index (χ2n) is 3.52. The predicted octanol–water partition coefficient (Wildman–Crippen LogP) is -0.152. The number of rotatable bonds is 6. The van der Waals surface area contributed by atoms with Crippen LogP contribution in [0.4, 0.5) is 5.00 Å². The van der Waals surface area contributed by atoms with E-state index in [1.54, 1.807) is 5.38 Å². The molecule has 0 bridgehead atoms. The molecule has 0 spiro atoms. The Kier molecular flexibility index (Phi) is 4.81. The maximum absolute atomic E-state index is 11.5. The van der Waals surface area contributed by atoms with E-state index in [1.165, 1.54) is 24.3 Å². The van der Waals surface area contributed by atoms with Gasteiger partial charge in [-0.3, -0.25) is 19.7 Å². The number of hydrogen-bond acceptors (Lipinski definition) is 5. The molecule has 1 aromatic rings. The highest BCUT2D eigenvalue weighted by molar-refractivity contribution is 7.14. The van der Waals surface area contributed by atoms with E-state index in [9.17, 15) is 14.4 Å². The van der Waals surface area contributed by atoms with Crippen LogP contribution in [0.15, 0.2) is 11.4 Å². The predicted molar refractivity (Wildman–Crippen MR) is 66.6 cm³/mol. The molecule has 1 heterocycles. The van der Waals surface area contributed by atoms with Gasteiger partial charge in [0.15, 0.2) is 0 Å². The lowest BCUT2D eigenvalue weighted by Crippen LogP contribution is -2.39. The smallest absolute Gasteiger partial charge is 0.320 e. The van der Waals surface area contributed by atoms with Crippen LogP contribution in [0.2, 0.25) is 0 Å². The standard InChI is InChI=1S/C10H13N3O4S/c1-5(10(16)17)12-4-7(14)13-9-6(8(11)15)2-3-18-9/h2-3,5,12H,4H2,1H3,(H2,11,15)(H,13,14)(H,16,17)/t5-/m1/s1. The molecule has 1 atom stereocenters. The van der Waals surface area contributed by atoms with E-state index in [1.807, 2.05) is 0 Å². The Bertz CT molecular complexity index is 471. The lowest BCUT2D eigenvalue weighted by Gasteiger charge is -2.09. The van der Waals surface area contributed by atoms with Crippen molar-refractivity contribution in [3.8, 4) is 0 Å². The van der Waals surface area contributed by atoms with Crippen molar-refractivity contribution >= 4 is 34.1 Å². The van der Waals surface area contributed by atoms with E-state index in [2.05, 4.69) is 10.6 Å². The first-order chi connectivity index (χ1) is 8.41. The molecule has 0 aliphatic heterocycles. The van der Waals surface area contributed by atoms with Crippen molar-refractivity contribution in [1.29, 1.82) is 0 Å². The number of hydrogen-bond donors (Lipinski definition) is 4. The fourth-order valence-electron chi connectivity index (χ4n) is 1.10. The number of nitrogens with one attached hydrogen (secondary N) is 2. The van der Waals surface area contributed by atoms with E-state index in [-0.39, 0.29) is 12.1 Å². The third kappa shape index (κ3) is 3.82. The van der Waals surface area contributed by atoms with Crippen LogP contribution in [-0.2, 0) is 9.59 Å². The number of nitrogens with two attached hydrogens (primary N) is 1. The summed E-state index contributed by atoms with van der Waals surface area (Å²) >= 11 is 1.17. The zero-order valence-electron chi connectivity index (χ0n) is 9.60. The van der Waals surface area contributed by atoms with Crippen molar-refractivity contribution in [2.45, 2.75) is 13.0 Å². The number of anilines is 1. The molecule has 5 N–H and O–H groups in total. The van der Waals surface area contributed by atoms with E-state index >= 15 is 0 Å². The highest BCUT2D eigenvalue weighted by atomic mass is 32.1. The molecule has 0 fully saturated rings. The summed E-state index contributed by atoms with van der Waals surface area (Å²) in [6.07, 6.45) is 0. The molecule has 7 nitrogen and oxygen atoms in total. The van der Waals surface area contributed by atoms with Gasteiger partial charge in [0.2, 0.25) is 5.91 Å². The third-order valence-corrected chi connectivity index (χ3v) is 2.95. The fraction of sp³-hybridized carbons (Fsp3) is 0.300. The minimum atomic E-state index is -1.04. The van der Waals surface area contributed by atoms with Gasteiger partial charge in [-0.15, -0.1) is 11.3 Å². The van der Waals surface area contributed by atoms with Crippen LogP contribution in [0.3, 0.4) is 0 Å². The monoisotopic (exact) mass is 271 g/mol. The first kappa shape index (κ1) is 14.1. The zero-order valence-corrected chi connectivity index (χ0v) is 10.4. The van der Waals surface area contributed by atoms with E-state index < -0.39 is 23.8 Å². The van der Waals surface area contributed by atoms with E-state index in [0.717, 1.165) is 0 Å². The number of carbonyl (C=O) groups excluding carboxylic acids is 2. The Labute approximate surface area is 107 Å². The Morgan fingerprint density at radius 3 is 2.72 bits per heavy atom. The summed E-state index contributed by atoms with van der Waals surface area (Å²) in [6, 6.07) is 0.685. The van der Waals surface area contributed by atoms with Gasteiger partial charge in [-0.2, -0.15) is 0 Å². The highest BCUT2D eigenvalue weighted by Crippen LogP contribution is 2.22. The molecule has 1 rings (SSSR count). The first-order valence-electron chi connectivity index (χ1n) is 5.05. The van der Waals surface area contributed by atoms with Gasteiger partial charge in [0.25, 0.3) is 5.91 Å². The maximum atomic E-state index is 11.5. The topological polar surface area (TPSA) is 122 Å². The Morgan fingerprint density at radius 1 is 1.50 bits per heavy atom. The van der Waals surface area contributed by atoms with Crippen molar-refractivity contribution in [1.82, 2.24) is 5.32 Å². The van der Waals surface area contributed by atoms with Crippen molar-refractivity contribution < 1.29 is 19.5 Å². The number of primary amides is 1. The van der Waals surface area contributed by atoms with Gasteiger partial charge in [0.1, 0.15) is 11.0 Å². The van der Waals surface area contributed by atoms with Crippen LogP contribution in [0, 0.1) is 0 Å². The summed E-state index contributed by atoms with van der Waals surface area (Å²) in [4.78, 5) is 33.0. The molecule has 0 saturated carbocycles. The zero-order chi connectivity index (χ0) is 13.7. The molecule has 0 aliphatic carbocycles. The largest absolute Gasteiger partial charge is 0.480 e.